The van der Waals surface area contributed by atoms with Crippen molar-refractivity contribution in [1.29, 1.82) is 0 Å². The van der Waals surface area contributed by atoms with Crippen LogP contribution in [0.1, 0.15) is 34.1 Å². The molecule has 2 unspecified atom stereocenters. The molecule has 0 spiro atoms. The molecule has 1 N–H and O–H groups in total. The van der Waals surface area contributed by atoms with Gasteiger partial charge in [0.15, 0.2) is 0 Å². The van der Waals surface area contributed by atoms with Crippen molar-refractivity contribution >= 4 is 6.09 Å². The molecule has 0 aromatic heterocycles. The minimum Gasteiger partial charge on any atom is -0.444 e. The number of carbonyl (C=O) groups is 1. The Morgan fingerprint density at radius 2 is 2.12 bits per heavy atom. The average Bonchev–Trinajstić information content (AvgIpc) is 2.62. The number of aliphatic hydroxyl groups is 1. The van der Waals surface area contributed by atoms with Crippen LogP contribution in [0.25, 0.3) is 0 Å². The number of hydrogen-bond donors (Lipinski definition) is 1. The normalized spacial score (nSPS) is 22.4. The molecule has 1 saturated heterocycles. The van der Waals surface area contributed by atoms with E-state index >= 15 is 0 Å². The van der Waals surface area contributed by atoms with Gasteiger partial charge >= 0.3 is 6.09 Å². The Balaban J connectivity index is 2.50. The summed E-state index contributed by atoms with van der Waals surface area (Å²) in [6.07, 6.45) is -0.0239. The van der Waals surface area contributed by atoms with Crippen LogP contribution in [0.5, 0.6) is 0 Å². The third kappa shape index (κ3) is 4.04. The summed E-state index contributed by atoms with van der Waals surface area (Å²) < 4.78 is 5.29. The van der Waals surface area contributed by atoms with Gasteiger partial charge in [0.05, 0.1) is 6.10 Å². The second kappa shape index (κ2) is 5.08. The van der Waals surface area contributed by atoms with Gasteiger partial charge < -0.3 is 14.7 Å². The van der Waals surface area contributed by atoms with Gasteiger partial charge in [-0.25, -0.2) is 4.79 Å². The number of likely N-dealkylation sites (tertiary alicyclic amines) is 1. The fraction of sp³-hybridized carbons (Fsp3) is 0.769. The second-order valence-electron chi connectivity index (χ2n) is 5.77. The van der Waals surface area contributed by atoms with Crippen LogP contribution in [-0.2, 0) is 4.74 Å². The van der Waals surface area contributed by atoms with Gasteiger partial charge in [-0.1, -0.05) is 12.2 Å². The molecule has 0 aliphatic carbocycles. The van der Waals surface area contributed by atoms with Gasteiger partial charge in [-0.3, -0.25) is 0 Å². The van der Waals surface area contributed by atoms with Gasteiger partial charge in [0.1, 0.15) is 5.60 Å². The molecule has 0 aromatic rings. The van der Waals surface area contributed by atoms with Crippen LogP contribution in [0, 0.1) is 5.92 Å². The molecule has 1 aliphatic heterocycles. The van der Waals surface area contributed by atoms with Crippen LogP contribution >= 0.6 is 0 Å². The second-order valence-corrected chi connectivity index (χ2v) is 5.77. The lowest BCUT2D eigenvalue weighted by molar-refractivity contribution is 0.0275. The first-order chi connectivity index (χ1) is 7.70. The van der Waals surface area contributed by atoms with E-state index in [4.69, 9.17) is 4.74 Å². The molecule has 0 aromatic carbocycles. The van der Waals surface area contributed by atoms with Crippen molar-refractivity contribution in [1.82, 2.24) is 4.90 Å². The van der Waals surface area contributed by atoms with E-state index in [1.807, 2.05) is 20.8 Å². The maximum Gasteiger partial charge on any atom is 0.410 e. The predicted octanol–water partition coefficient (Wildman–Crippen LogP) is 2.18. The highest BCUT2D eigenvalue weighted by atomic mass is 16.6. The first kappa shape index (κ1) is 14.0. The van der Waals surface area contributed by atoms with Crippen LogP contribution in [0.3, 0.4) is 0 Å². The number of nitrogens with zero attached hydrogens (tertiary/aromatic N) is 1. The van der Waals surface area contributed by atoms with Crippen molar-refractivity contribution in [2.75, 3.05) is 13.1 Å². The molecular weight excluding hydrogens is 218 g/mol. The van der Waals surface area contributed by atoms with Crippen molar-refractivity contribution in [2.24, 2.45) is 5.92 Å². The fourth-order valence-corrected chi connectivity index (χ4v) is 1.94. The van der Waals surface area contributed by atoms with E-state index in [2.05, 4.69) is 6.58 Å². The van der Waals surface area contributed by atoms with Gasteiger partial charge in [0.2, 0.25) is 0 Å². The van der Waals surface area contributed by atoms with Gasteiger partial charge in [-0.2, -0.15) is 0 Å². The highest BCUT2D eigenvalue weighted by Crippen LogP contribution is 2.24. The topological polar surface area (TPSA) is 49.8 Å². The Morgan fingerprint density at radius 1 is 1.53 bits per heavy atom. The van der Waals surface area contributed by atoms with Crippen molar-refractivity contribution in [3.63, 3.8) is 0 Å². The Morgan fingerprint density at radius 3 is 2.59 bits per heavy atom. The molecule has 1 aliphatic rings. The summed E-state index contributed by atoms with van der Waals surface area (Å²) in [5.41, 5.74) is 0.281. The van der Waals surface area contributed by atoms with E-state index in [1.165, 1.54) is 0 Å². The molecular formula is C13H23NO3. The Hall–Kier alpha value is -1.03. The highest BCUT2D eigenvalue weighted by Gasteiger charge is 2.33. The first-order valence-corrected chi connectivity index (χ1v) is 6.02. The summed E-state index contributed by atoms with van der Waals surface area (Å²) in [6.45, 7) is 12.3. The number of carbonyl (C=O) groups excluding carboxylic acids is 1. The summed E-state index contributed by atoms with van der Waals surface area (Å²) in [5.74, 6) is 0.0834. The van der Waals surface area contributed by atoms with E-state index < -0.39 is 11.7 Å². The highest BCUT2D eigenvalue weighted by molar-refractivity contribution is 5.68. The molecule has 98 valence electrons. The van der Waals surface area contributed by atoms with Crippen LogP contribution in [0.2, 0.25) is 0 Å². The lowest BCUT2D eigenvalue weighted by Gasteiger charge is -2.25. The third-order valence-corrected chi connectivity index (χ3v) is 2.83. The number of ether oxygens (including phenoxy) is 1. The van der Waals surface area contributed by atoms with E-state index in [9.17, 15) is 9.90 Å². The van der Waals surface area contributed by atoms with E-state index in [-0.39, 0.29) is 12.0 Å². The molecule has 17 heavy (non-hydrogen) atoms. The smallest absolute Gasteiger partial charge is 0.410 e. The van der Waals surface area contributed by atoms with Crippen molar-refractivity contribution in [2.45, 2.75) is 45.8 Å². The summed E-state index contributed by atoms with van der Waals surface area (Å²) in [5, 5.41) is 9.88. The number of aliphatic hydroxyl groups excluding tert-OH is 1. The SMILES string of the molecule is C=C(C)C(O)C1CCN(C(=O)OC(C)(C)C)C1. The molecule has 4 heteroatoms. The lowest BCUT2D eigenvalue weighted by Crippen LogP contribution is -2.36. The monoisotopic (exact) mass is 241 g/mol. The quantitative estimate of drug-likeness (QED) is 0.754. The number of hydrogen-bond acceptors (Lipinski definition) is 3. The molecule has 0 saturated carbocycles. The maximum atomic E-state index is 11.8. The van der Waals surface area contributed by atoms with Crippen LogP contribution in [0.15, 0.2) is 12.2 Å². The fourth-order valence-electron chi connectivity index (χ4n) is 1.94. The molecule has 1 fully saturated rings. The molecule has 0 bridgehead atoms. The minimum absolute atomic E-state index is 0.0834. The number of amides is 1. The van der Waals surface area contributed by atoms with Crippen molar-refractivity contribution in [3.05, 3.63) is 12.2 Å². The predicted molar refractivity (Wildman–Crippen MR) is 66.7 cm³/mol. The maximum absolute atomic E-state index is 11.8. The zero-order chi connectivity index (χ0) is 13.2. The molecule has 1 heterocycles. The van der Waals surface area contributed by atoms with Crippen molar-refractivity contribution < 1.29 is 14.6 Å². The standard InChI is InChI=1S/C13H23NO3/c1-9(2)11(15)10-6-7-14(8-10)12(16)17-13(3,4)5/h10-11,15H,1,6-8H2,2-5H3. The third-order valence-electron chi connectivity index (χ3n) is 2.83. The van der Waals surface area contributed by atoms with Crippen LogP contribution in [-0.4, -0.2) is 40.9 Å². The lowest BCUT2D eigenvalue weighted by atomic mass is 9.97. The van der Waals surface area contributed by atoms with Crippen molar-refractivity contribution in [3.8, 4) is 0 Å². The average molecular weight is 241 g/mol. The van der Waals surface area contributed by atoms with E-state index in [0.29, 0.717) is 13.1 Å². The molecule has 1 rings (SSSR count). The summed E-state index contributed by atoms with van der Waals surface area (Å²) in [7, 11) is 0. The summed E-state index contributed by atoms with van der Waals surface area (Å²) in [6, 6.07) is 0. The Bertz CT molecular complexity index is 306. The summed E-state index contributed by atoms with van der Waals surface area (Å²) in [4.78, 5) is 13.5. The van der Waals surface area contributed by atoms with Gasteiger partial charge in [-0.15, -0.1) is 0 Å². The zero-order valence-electron chi connectivity index (χ0n) is 11.2. The van der Waals surface area contributed by atoms with Gasteiger partial charge in [0.25, 0.3) is 0 Å². The largest absolute Gasteiger partial charge is 0.444 e. The minimum atomic E-state index is -0.526. The van der Waals surface area contributed by atoms with Crippen LogP contribution < -0.4 is 0 Å². The van der Waals surface area contributed by atoms with E-state index in [1.54, 1.807) is 11.8 Å². The van der Waals surface area contributed by atoms with E-state index in [0.717, 1.165) is 12.0 Å². The van der Waals surface area contributed by atoms with Crippen LogP contribution in [0.4, 0.5) is 4.79 Å². The molecule has 4 nitrogen and oxygen atoms in total. The van der Waals surface area contributed by atoms with Gasteiger partial charge in [-0.05, 0) is 34.1 Å². The molecule has 1 amide bonds. The van der Waals surface area contributed by atoms with Gasteiger partial charge in [0, 0.05) is 19.0 Å². The summed E-state index contributed by atoms with van der Waals surface area (Å²) >= 11 is 0. The zero-order valence-corrected chi connectivity index (χ0v) is 11.2. The molecule has 2 atom stereocenters. The Kier molecular flexibility index (Phi) is 4.20. The number of rotatable bonds is 2. The molecule has 0 radical (unpaired) electrons. The first-order valence-electron chi connectivity index (χ1n) is 6.02. The Labute approximate surface area is 103 Å².